The van der Waals surface area contributed by atoms with E-state index in [1.54, 1.807) is 6.07 Å². The summed E-state index contributed by atoms with van der Waals surface area (Å²) >= 11 is 4.74. The first kappa shape index (κ1) is 14.3. The molecule has 0 aliphatic rings. The molecule has 0 aliphatic heterocycles. The Labute approximate surface area is 119 Å². The Morgan fingerprint density at radius 2 is 1.80 bits per heavy atom. The van der Waals surface area contributed by atoms with Gasteiger partial charge in [0.25, 0.3) is 0 Å². The van der Waals surface area contributed by atoms with Crippen LogP contribution in [0.3, 0.4) is 0 Å². The molecule has 2 aromatic carbocycles. The zero-order valence-corrected chi connectivity index (χ0v) is 11.1. The van der Waals surface area contributed by atoms with Gasteiger partial charge in [0.15, 0.2) is 0 Å². The van der Waals surface area contributed by atoms with E-state index in [4.69, 9.17) is 18.0 Å². The van der Waals surface area contributed by atoms with Crippen molar-refractivity contribution in [1.29, 1.82) is 0 Å². The monoisotopic (exact) mass is 296 g/mol. The fourth-order valence-electron chi connectivity index (χ4n) is 1.68. The maximum atomic E-state index is 13.7. The Bertz CT molecular complexity index is 659. The molecule has 0 unspecified atom stereocenters. The van der Waals surface area contributed by atoms with E-state index < -0.39 is 17.5 Å². The molecule has 2 rings (SSSR count). The molecule has 20 heavy (non-hydrogen) atoms. The third-order valence-corrected chi connectivity index (χ3v) is 2.97. The average Bonchev–Trinajstić information content (AvgIpc) is 2.40. The molecule has 0 fully saturated rings. The third-order valence-electron chi connectivity index (χ3n) is 2.73. The number of hydrogen-bond donors (Lipinski definition) is 2. The van der Waals surface area contributed by atoms with Crippen LogP contribution in [0.2, 0.25) is 0 Å². The summed E-state index contributed by atoms with van der Waals surface area (Å²) in [5, 5.41) is 2.70. The molecule has 0 aromatic heterocycles. The normalized spacial score (nSPS) is 10.3. The molecule has 0 aliphatic carbocycles. The maximum absolute atomic E-state index is 13.7. The molecule has 104 valence electrons. The molecule has 0 radical (unpaired) electrons. The van der Waals surface area contributed by atoms with Gasteiger partial charge in [-0.2, -0.15) is 0 Å². The van der Waals surface area contributed by atoms with Crippen molar-refractivity contribution in [3.05, 3.63) is 65.0 Å². The van der Waals surface area contributed by atoms with Gasteiger partial charge in [0.2, 0.25) is 0 Å². The van der Waals surface area contributed by atoms with Crippen LogP contribution in [-0.2, 0) is 6.54 Å². The van der Waals surface area contributed by atoms with Crippen molar-refractivity contribution in [3.8, 4) is 0 Å². The van der Waals surface area contributed by atoms with Gasteiger partial charge >= 0.3 is 0 Å². The lowest BCUT2D eigenvalue weighted by molar-refractivity contribution is 0.587. The van der Waals surface area contributed by atoms with Gasteiger partial charge in [-0.1, -0.05) is 12.2 Å². The van der Waals surface area contributed by atoms with Gasteiger partial charge in [-0.3, -0.25) is 0 Å². The lowest BCUT2D eigenvalue weighted by Crippen LogP contribution is -2.10. The van der Waals surface area contributed by atoms with Crippen LogP contribution >= 0.6 is 12.2 Å². The number of thiocarbonyl (C=S) groups is 1. The summed E-state index contributed by atoms with van der Waals surface area (Å²) in [4.78, 5) is 0.0895. The summed E-state index contributed by atoms with van der Waals surface area (Å²) in [5.41, 5.74) is 6.06. The minimum atomic E-state index is -0.563. The Morgan fingerprint density at radius 3 is 2.45 bits per heavy atom. The van der Waals surface area contributed by atoms with E-state index in [1.807, 2.05) is 0 Å². The lowest BCUT2D eigenvalue weighted by Gasteiger charge is -2.09. The largest absolute Gasteiger partial charge is 0.389 e. The number of nitrogens with one attached hydrogen (secondary N) is 1. The first-order chi connectivity index (χ1) is 9.47. The van der Waals surface area contributed by atoms with E-state index in [0.717, 1.165) is 18.2 Å². The number of benzene rings is 2. The summed E-state index contributed by atoms with van der Waals surface area (Å²) in [5.74, 6) is -1.67. The molecule has 0 spiro atoms. The van der Waals surface area contributed by atoms with Crippen molar-refractivity contribution in [2.75, 3.05) is 5.32 Å². The second-order valence-corrected chi connectivity index (χ2v) is 4.59. The van der Waals surface area contributed by atoms with Crippen LogP contribution in [0.4, 0.5) is 18.9 Å². The zero-order chi connectivity index (χ0) is 14.7. The molecule has 3 N–H and O–H groups in total. The quantitative estimate of drug-likeness (QED) is 0.850. The highest BCUT2D eigenvalue weighted by Gasteiger charge is 2.07. The first-order valence-corrected chi connectivity index (χ1v) is 6.15. The van der Waals surface area contributed by atoms with E-state index in [9.17, 15) is 13.2 Å². The highest BCUT2D eigenvalue weighted by atomic mass is 32.1. The van der Waals surface area contributed by atoms with Crippen molar-refractivity contribution in [2.24, 2.45) is 5.73 Å². The van der Waals surface area contributed by atoms with E-state index in [-0.39, 0.29) is 22.8 Å². The lowest BCUT2D eigenvalue weighted by atomic mass is 10.1. The van der Waals surface area contributed by atoms with Crippen molar-refractivity contribution in [3.63, 3.8) is 0 Å². The summed E-state index contributed by atoms with van der Waals surface area (Å²) in [6.07, 6.45) is 0. The SMILES string of the molecule is NC(=S)c1ccc(NCc2cc(F)ccc2F)c(F)c1. The van der Waals surface area contributed by atoms with E-state index in [0.29, 0.717) is 5.56 Å². The topological polar surface area (TPSA) is 38.0 Å². The highest BCUT2D eigenvalue weighted by Crippen LogP contribution is 2.18. The molecule has 0 heterocycles. The van der Waals surface area contributed by atoms with Crippen molar-refractivity contribution in [1.82, 2.24) is 0 Å². The second-order valence-electron chi connectivity index (χ2n) is 4.15. The van der Waals surface area contributed by atoms with Gasteiger partial charge in [0, 0.05) is 17.7 Å². The maximum Gasteiger partial charge on any atom is 0.146 e. The van der Waals surface area contributed by atoms with Gasteiger partial charge in [0.05, 0.1) is 5.69 Å². The van der Waals surface area contributed by atoms with Gasteiger partial charge < -0.3 is 11.1 Å². The van der Waals surface area contributed by atoms with E-state index >= 15 is 0 Å². The predicted octanol–water partition coefficient (Wildman–Crippen LogP) is 3.35. The first-order valence-electron chi connectivity index (χ1n) is 5.74. The van der Waals surface area contributed by atoms with Crippen LogP contribution in [0.1, 0.15) is 11.1 Å². The molecule has 0 saturated carbocycles. The van der Waals surface area contributed by atoms with Crippen LogP contribution in [0, 0.1) is 17.5 Å². The Kier molecular flexibility index (Phi) is 4.24. The molecular weight excluding hydrogens is 285 g/mol. The molecule has 2 nitrogen and oxygen atoms in total. The molecule has 0 saturated heterocycles. The summed E-state index contributed by atoms with van der Waals surface area (Å²) in [6, 6.07) is 7.29. The molecule has 0 atom stereocenters. The zero-order valence-electron chi connectivity index (χ0n) is 10.3. The smallest absolute Gasteiger partial charge is 0.146 e. The van der Waals surface area contributed by atoms with Crippen molar-refractivity contribution in [2.45, 2.75) is 6.54 Å². The standard InChI is InChI=1S/C14H11F3N2S/c15-10-2-3-11(16)9(5-10)7-19-13-4-1-8(14(18)20)6-12(13)17/h1-6,19H,7H2,(H2,18,20). The van der Waals surface area contributed by atoms with Crippen LogP contribution in [0.5, 0.6) is 0 Å². The highest BCUT2D eigenvalue weighted by molar-refractivity contribution is 7.80. The van der Waals surface area contributed by atoms with Crippen LogP contribution in [0.25, 0.3) is 0 Å². The molecule has 6 heteroatoms. The van der Waals surface area contributed by atoms with Gasteiger partial charge in [0.1, 0.15) is 22.4 Å². The van der Waals surface area contributed by atoms with E-state index in [2.05, 4.69) is 5.32 Å². The molecule has 0 bridgehead atoms. The Hall–Kier alpha value is -2.08. The molecule has 0 amide bonds. The number of nitrogens with two attached hydrogens (primary N) is 1. The van der Waals surface area contributed by atoms with Crippen LogP contribution < -0.4 is 11.1 Å². The van der Waals surface area contributed by atoms with Crippen LogP contribution in [0.15, 0.2) is 36.4 Å². The van der Waals surface area contributed by atoms with Crippen molar-refractivity contribution < 1.29 is 13.2 Å². The second kappa shape index (κ2) is 5.92. The van der Waals surface area contributed by atoms with Gasteiger partial charge in [-0.05, 0) is 36.4 Å². The predicted molar refractivity (Wildman–Crippen MR) is 76.0 cm³/mol. The minimum Gasteiger partial charge on any atom is -0.389 e. The molecule has 2 aromatic rings. The number of hydrogen-bond acceptors (Lipinski definition) is 2. The fourth-order valence-corrected chi connectivity index (χ4v) is 1.81. The third kappa shape index (κ3) is 3.27. The number of anilines is 1. The average molecular weight is 296 g/mol. The summed E-state index contributed by atoms with van der Waals surface area (Å²) < 4.78 is 40.2. The number of halogens is 3. The van der Waals surface area contributed by atoms with Gasteiger partial charge in [-0.15, -0.1) is 0 Å². The van der Waals surface area contributed by atoms with Crippen LogP contribution in [-0.4, -0.2) is 4.99 Å². The Balaban J connectivity index is 2.15. The van der Waals surface area contributed by atoms with Gasteiger partial charge in [-0.25, -0.2) is 13.2 Å². The number of rotatable bonds is 4. The Morgan fingerprint density at radius 1 is 1.05 bits per heavy atom. The van der Waals surface area contributed by atoms with Crippen molar-refractivity contribution >= 4 is 22.9 Å². The minimum absolute atomic E-state index is 0.0348. The summed E-state index contributed by atoms with van der Waals surface area (Å²) in [7, 11) is 0. The van der Waals surface area contributed by atoms with E-state index in [1.165, 1.54) is 12.1 Å². The molecular formula is C14H11F3N2S. The summed E-state index contributed by atoms with van der Waals surface area (Å²) in [6.45, 7) is -0.0348. The fraction of sp³-hybridized carbons (Fsp3) is 0.0714.